The van der Waals surface area contributed by atoms with E-state index in [2.05, 4.69) is 9.97 Å². The molecule has 0 radical (unpaired) electrons. The van der Waals surface area contributed by atoms with Crippen LogP contribution in [0, 0.1) is 0 Å². The fraction of sp³-hybridized carbons (Fsp3) is 0. The molecule has 7 heteroatoms. The first-order valence-electron chi connectivity index (χ1n) is 4.46. The van der Waals surface area contributed by atoms with Crippen LogP contribution < -0.4 is 17.1 Å². The van der Waals surface area contributed by atoms with E-state index in [1.807, 2.05) is 0 Å². The number of rotatable bonds is 0. The quantitative estimate of drug-likeness (QED) is 0.536. The van der Waals surface area contributed by atoms with Gasteiger partial charge in [0.25, 0.3) is 5.56 Å². The summed E-state index contributed by atoms with van der Waals surface area (Å²) < 4.78 is 0.980. The SMILES string of the molecule is Nn1c(=O)[nH]c2c(sc3ncccc32)c1=O. The monoisotopic (exact) mass is 234 g/mol. The summed E-state index contributed by atoms with van der Waals surface area (Å²) >= 11 is 1.22. The van der Waals surface area contributed by atoms with E-state index in [-0.39, 0.29) is 0 Å². The largest absolute Gasteiger partial charge is 0.347 e. The molecule has 0 aromatic carbocycles. The van der Waals surface area contributed by atoms with Gasteiger partial charge in [-0.05, 0) is 12.1 Å². The molecule has 16 heavy (non-hydrogen) atoms. The van der Waals surface area contributed by atoms with Gasteiger partial charge in [0.1, 0.15) is 9.53 Å². The average molecular weight is 234 g/mol. The first kappa shape index (κ1) is 9.10. The van der Waals surface area contributed by atoms with Crippen LogP contribution >= 0.6 is 11.3 Å². The Hall–Kier alpha value is -2.15. The summed E-state index contributed by atoms with van der Waals surface area (Å²) in [5.41, 5.74) is -0.618. The third-order valence-corrected chi connectivity index (χ3v) is 3.43. The van der Waals surface area contributed by atoms with Crippen LogP contribution in [0.25, 0.3) is 20.4 Å². The molecule has 0 bridgehead atoms. The van der Waals surface area contributed by atoms with E-state index in [4.69, 9.17) is 5.84 Å². The van der Waals surface area contributed by atoms with Gasteiger partial charge in [0.15, 0.2) is 0 Å². The van der Waals surface area contributed by atoms with Gasteiger partial charge >= 0.3 is 5.69 Å². The molecule has 0 aliphatic rings. The van der Waals surface area contributed by atoms with Crippen LogP contribution in [0.5, 0.6) is 0 Å². The van der Waals surface area contributed by atoms with Gasteiger partial charge in [-0.1, -0.05) is 0 Å². The van der Waals surface area contributed by atoms with Crippen molar-refractivity contribution in [3.05, 3.63) is 39.2 Å². The number of fused-ring (bicyclic) bond motifs is 3. The maximum atomic E-state index is 11.7. The predicted molar refractivity (Wildman–Crippen MR) is 62.2 cm³/mol. The summed E-state index contributed by atoms with van der Waals surface area (Å²) in [6.45, 7) is 0. The molecule has 0 amide bonds. The normalized spacial score (nSPS) is 11.2. The van der Waals surface area contributed by atoms with Gasteiger partial charge in [-0.25, -0.2) is 9.78 Å². The minimum Gasteiger partial charge on any atom is -0.332 e. The van der Waals surface area contributed by atoms with E-state index in [1.54, 1.807) is 18.3 Å². The van der Waals surface area contributed by atoms with Crippen molar-refractivity contribution < 1.29 is 0 Å². The van der Waals surface area contributed by atoms with E-state index in [9.17, 15) is 9.59 Å². The van der Waals surface area contributed by atoms with Gasteiger partial charge in [-0.2, -0.15) is 4.68 Å². The van der Waals surface area contributed by atoms with Crippen LogP contribution in [0.1, 0.15) is 0 Å². The van der Waals surface area contributed by atoms with Gasteiger partial charge in [0, 0.05) is 11.6 Å². The van der Waals surface area contributed by atoms with Crippen LogP contribution in [-0.4, -0.2) is 14.6 Å². The van der Waals surface area contributed by atoms with Gasteiger partial charge in [0.05, 0.1) is 5.52 Å². The number of nitrogens with one attached hydrogen (secondary N) is 1. The second kappa shape index (κ2) is 2.92. The Morgan fingerprint density at radius 1 is 1.44 bits per heavy atom. The Labute approximate surface area is 91.9 Å². The molecule has 3 aromatic heterocycles. The Morgan fingerprint density at radius 3 is 3.06 bits per heavy atom. The smallest absolute Gasteiger partial charge is 0.332 e. The van der Waals surface area contributed by atoms with Gasteiger partial charge in [-0.3, -0.25) is 4.79 Å². The van der Waals surface area contributed by atoms with Crippen molar-refractivity contribution in [2.45, 2.75) is 0 Å². The summed E-state index contributed by atoms with van der Waals surface area (Å²) in [6, 6.07) is 3.55. The third-order valence-electron chi connectivity index (χ3n) is 2.33. The van der Waals surface area contributed by atoms with E-state index < -0.39 is 11.2 Å². The summed E-state index contributed by atoms with van der Waals surface area (Å²) in [4.78, 5) is 30.5. The molecule has 0 saturated carbocycles. The fourth-order valence-corrected chi connectivity index (χ4v) is 2.61. The summed E-state index contributed by atoms with van der Waals surface area (Å²) in [5.74, 6) is 5.32. The van der Waals surface area contributed by atoms with Crippen molar-refractivity contribution in [1.82, 2.24) is 14.6 Å². The molecule has 0 aliphatic carbocycles. The van der Waals surface area contributed by atoms with Gasteiger partial charge < -0.3 is 10.8 Å². The zero-order valence-electron chi connectivity index (χ0n) is 7.93. The molecule has 3 aromatic rings. The Kier molecular flexibility index (Phi) is 1.66. The van der Waals surface area contributed by atoms with Crippen molar-refractivity contribution in [1.29, 1.82) is 0 Å². The van der Waals surface area contributed by atoms with E-state index in [0.29, 0.717) is 19.7 Å². The van der Waals surface area contributed by atoms with Crippen molar-refractivity contribution in [2.24, 2.45) is 0 Å². The standard InChI is InChI=1S/C9H6N4O2S/c10-13-8(14)6-5(12-9(13)15)4-2-1-3-11-7(4)16-6/h1-3H,10H2,(H,12,15). The highest BCUT2D eigenvalue weighted by atomic mass is 32.1. The minimum atomic E-state index is -0.624. The van der Waals surface area contributed by atoms with Crippen molar-refractivity contribution >= 4 is 31.8 Å². The Morgan fingerprint density at radius 2 is 2.25 bits per heavy atom. The lowest BCUT2D eigenvalue weighted by molar-refractivity contribution is 0.859. The second-order valence-electron chi connectivity index (χ2n) is 3.27. The topological polar surface area (TPSA) is 93.8 Å². The minimum absolute atomic E-state index is 0.413. The number of aromatic amines is 1. The molecule has 6 nitrogen and oxygen atoms in total. The molecule has 3 rings (SSSR count). The van der Waals surface area contributed by atoms with Crippen LogP contribution in [-0.2, 0) is 0 Å². The number of thiophene rings is 1. The van der Waals surface area contributed by atoms with E-state index in [1.165, 1.54) is 11.3 Å². The molecule has 0 spiro atoms. The Bertz CT molecular complexity index is 814. The first-order valence-corrected chi connectivity index (χ1v) is 5.28. The molecule has 0 aliphatic heterocycles. The molecule has 3 N–H and O–H groups in total. The lowest BCUT2D eigenvalue weighted by atomic mass is 10.3. The zero-order chi connectivity index (χ0) is 11.3. The molecular weight excluding hydrogens is 228 g/mol. The van der Waals surface area contributed by atoms with E-state index >= 15 is 0 Å². The Balaban J connectivity index is 2.72. The zero-order valence-corrected chi connectivity index (χ0v) is 8.75. The lowest BCUT2D eigenvalue weighted by Crippen LogP contribution is -2.40. The number of nitrogen functional groups attached to an aromatic ring is 1. The lowest BCUT2D eigenvalue weighted by Gasteiger charge is -1.95. The van der Waals surface area contributed by atoms with Crippen molar-refractivity contribution in [3.8, 4) is 0 Å². The summed E-state index contributed by atoms with van der Waals surface area (Å²) in [7, 11) is 0. The van der Waals surface area contributed by atoms with Crippen LogP contribution in [0.2, 0.25) is 0 Å². The highest BCUT2D eigenvalue weighted by molar-refractivity contribution is 7.25. The van der Waals surface area contributed by atoms with Gasteiger partial charge in [0.2, 0.25) is 0 Å². The number of hydrogen-bond acceptors (Lipinski definition) is 5. The maximum Gasteiger partial charge on any atom is 0.347 e. The highest BCUT2D eigenvalue weighted by Crippen LogP contribution is 2.27. The molecular formula is C9H6N4O2S. The maximum absolute atomic E-state index is 11.7. The third kappa shape index (κ3) is 1.03. The van der Waals surface area contributed by atoms with Crippen LogP contribution in [0.3, 0.4) is 0 Å². The number of nitrogens with two attached hydrogens (primary N) is 1. The van der Waals surface area contributed by atoms with Crippen molar-refractivity contribution in [2.75, 3.05) is 5.84 Å². The van der Waals surface area contributed by atoms with E-state index in [0.717, 1.165) is 5.39 Å². The molecule has 0 saturated heterocycles. The predicted octanol–water partition coefficient (Wildman–Crippen LogP) is 0.0133. The van der Waals surface area contributed by atoms with Gasteiger partial charge in [-0.15, -0.1) is 11.3 Å². The highest BCUT2D eigenvalue weighted by Gasteiger charge is 2.11. The summed E-state index contributed by atoms with van der Waals surface area (Å²) in [6.07, 6.45) is 1.64. The number of hydrogen-bond donors (Lipinski definition) is 2. The molecule has 3 heterocycles. The average Bonchev–Trinajstić information content (AvgIpc) is 2.65. The number of pyridine rings is 1. The van der Waals surface area contributed by atoms with Crippen LogP contribution in [0.15, 0.2) is 27.9 Å². The molecule has 0 atom stereocenters. The fourth-order valence-electron chi connectivity index (χ4n) is 1.58. The summed E-state index contributed by atoms with van der Waals surface area (Å²) in [5, 5.41) is 0.761. The first-order chi connectivity index (χ1) is 7.68. The van der Waals surface area contributed by atoms with Crippen molar-refractivity contribution in [3.63, 3.8) is 0 Å². The number of nitrogens with zero attached hydrogens (tertiary/aromatic N) is 2. The number of H-pyrrole nitrogens is 1. The molecule has 0 unspecified atom stereocenters. The van der Waals surface area contributed by atoms with Crippen LogP contribution in [0.4, 0.5) is 0 Å². The second-order valence-corrected chi connectivity index (χ2v) is 4.27. The molecule has 80 valence electrons. The molecule has 0 fully saturated rings. The number of aromatic nitrogens is 3.